The second-order valence-corrected chi connectivity index (χ2v) is 3.95. The number of nitrogens with zero attached hydrogens (tertiary/aromatic N) is 2. The molecule has 0 aromatic carbocycles. The Labute approximate surface area is 109 Å². The van der Waals surface area contributed by atoms with Gasteiger partial charge >= 0.3 is 5.97 Å². The van der Waals surface area contributed by atoms with Crippen molar-refractivity contribution in [3.8, 4) is 0 Å². The standard InChI is InChI=1S/C13H12FN3O2/c1-8-3-2-5-15-10(8)7-17-12-11(14)9(13(18)19)4-6-16-12/h2-6H,7H2,1H3,(H,16,17)(H,18,19). The van der Waals surface area contributed by atoms with Crippen LogP contribution in [0.2, 0.25) is 0 Å². The molecule has 2 rings (SSSR count). The average molecular weight is 261 g/mol. The second-order valence-electron chi connectivity index (χ2n) is 3.95. The number of aromatic nitrogens is 2. The molecular formula is C13H12FN3O2. The summed E-state index contributed by atoms with van der Waals surface area (Å²) in [6.07, 6.45) is 2.89. The van der Waals surface area contributed by atoms with Gasteiger partial charge in [0.25, 0.3) is 0 Å². The van der Waals surface area contributed by atoms with Crippen LogP contribution >= 0.6 is 0 Å². The molecule has 0 spiro atoms. The molecule has 6 heteroatoms. The summed E-state index contributed by atoms with van der Waals surface area (Å²) in [5.74, 6) is -2.29. The van der Waals surface area contributed by atoms with Gasteiger partial charge in [-0.05, 0) is 24.6 Å². The number of rotatable bonds is 4. The number of aryl methyl sites for hydroxylation is 1. The van der Waals surface area contributed by atoms with E-state index in [2.05, 4.69) is 15.3 Å². The summed E-state index contributed by atoms with van der Waals surface area (Å²) in [6.45, 7) is 2.17. The lowest BCUT2D eigenvalue weighted by Crippen LogP contribution is -2.09. The minimum atomic E-state index is -1.32. The molecule has 2 aromatic heterocycles. The first kappa shape index (κ1) is 12.9. The smallest absolute Gasteiger partial charge is 0.338 e. The number of pyridine rings is 2. The Balaban J connectivity index is 2.19. The van der Waals surface area contributed by atoms with Gasteiger partial charge in [0, 0.05) is 12.4 Å². The van der Waals surface area contributed by atoms with Crippen molar-refractivity contribution in [1.29, 1.82) is 0 Å². The number of carboxylic acid groups (broad SMARTS) is 1. The van der Waals surface area contributed by atoms with Crippen molar-refractivity contribution in [3.05, 3.63) is 53.2 Å². The number of hydrogen-bond donors (Lipinski definition) is 2. The molecule has 98 valence electrons. The van der Waals surface area contributed by atoms with Gasteiger partial charge in [-0.25, -0.2) is 14.2 Å². The minimum Gasteiger partial charge on any atom is -0.478 e. The van der Waals surface area contributed by atoms with Crippen molar-refractivity contribution in [2.24, 2.45) is 0 Å². The minimum absolute atomic E-state index is 0.0926. The van der Waals surface area contributed by atoms with Crippen LogP contribution in [0.15, 0.2) is 30.6 Å². The maximum atomic E-state index is 13.8. The first-order valence-corrected chi connectivity index (χ1v) is 5.61. The Morgan fingerprint density at radius 2 is 2.16 bits per heavy atom. The van der Waals surface area contributed by atoms with E-state index in [4.69, 9.17) is 5.11 Å². The predicted octanol–water partition coefficient (Wildman–Crippen LogP) is 2.23. The fraction of sp³-hybridized carbons (Fsp3) is 0.154. The van der Waals surface area contributed by atoms with E-state index < -0.39 is 17.3 Å². The van der Waals surface area contributed by atoms with E-state index in [0.717, 1.165) is 17.3 Å². The average Bonchev–Trinajstić information content (AvgIpc) is 2.39. The van der Waals surface area contributed by atoms with Gasteiger partial charge in [0.05, 0.1) is 12.2 Å². The number of nitrogens with one attached hydrogen (secondary N) is 1. The highest BCUT2D eigenvalue weighted by Crippen LogP contribution is 2.16. The molecule has 0 amide bonds. The van der Waals surface area contributed by atoms with Gasteiger partial charge in [0.1, 0.15) is 5.56 Å². The summed E-state index contributed by atoms with van der Waals surface area (Å²) in [6, 6.07) is 4.82. The molecule has 0 saturated carbocycles. The van der Waals surface area contributed by atoms with Gasteiger partial charge in [0.15, 0.2) is 11.6 Å². The maximum absolute atomic E-state index is 13.8. The third kappa shape index (κ3) is 2.85. The normalized spacial score (nSPS) is 10.2. The van der Waals surface area contributed by atoms with Crippen LogP contribution in [-0.2, 0) is 6.54 Å². The van der Waals surface area contributed by atoms with Crippen LogP contribution in [0.3, 0.4) is 0 Å². The Bertz CT molecular complexity index is 617. The van der Waals surface area contributed by atoms with Gasteiger partial charge in [0.2, 0.25) is 0 Å². The lowest BCUT2D eigenvalue weighted by molar-refractivity contribution is 0.0692. The third-order valence-corrected chi connectivity index (χ3v) is 2.66. The first-order valence-electron chi connectivity index (χ1n) is 5.61. The SMILES string of the molecule is Cc1cccnc1CNc1nccc(C(=O)O)c1F. The molecule has 0 atom stereocenters. The zero-order valence-electron chi connectivity index (χ0n) is 10.2. The molecule has 0 fully saturated rings. The maximum Gasteiger partial charge on any atom is 0.338 e. The summed E-state index contributed by atoms with van der Waals surface area (Å²) >= 11 is 0. The molecule has 0 radical (unpaired) electrons. The number of carbonyl (C=O) groups is 1. The van der Waals surface area contributed by atoms with E-state index >= 15 is 0 Å². The Morgan fingerprint density at radius 3 is 2.84 bits per heavy atom. The highest BCUT2D eigenvalue weighted by atomic mass is 19.1. The highest BCUT2D eigenvalue weighted by Gasteiger charge is 2.14. The topological polar surface area (TPSA) is 75.1 Å². The lowest BCUT2D eigenvalue weighted by Gasteiger charge is -2.09. The van der Waals surface area contributed by atoms with Gasteiger partial charge < -0.3 is 10.4 Å². The van der Waals surface area contributed by atoms with Gasteiger partial charge in [-0.15, -0.1) is 0 Å². The zero-order valence-corrected chi connectivity index (χ0v) is 10.2. The van der Waals surface area contributed by atoms with Crippen LogP contribution in [0, 0.1) is 12.7 Å². The Morgan fingerprint density at radius 1 is 1.37 bits per heavy atom. The fourth-order valence-electron chi connectivity index (χ4n) is 1.60. The lowest BCUT2D eigenvalue weighted by atomic mass is 10.2. The van der Waals surface area contributed by atoms with E-state index in [1.807, 2.05) is 19.1 Å². The summed E-state index contributed by atoms with van der Waals surface area (Å²) in [7, 11) is 0. The monoisotopic (exact) mass is 261 g/mol. The van der Waals surface area contributed by atoms with Crippen LogP contribution in [0.5, 0.6) is 0 Å². The van der Waals surface area contributed by atoms with Crippen LogP contribution in [0.25, 0.3) is 0 Å². The quantitative estimate of drug-likeness (QED) is 0.882. The number of anilines is 1. The molecule has 0 aliphatic heterocycles. The van der Waals surface area contributed by atoms with Crippen molar-refractivity contribution >= 4 is 11.8 Å². The van der Waals surface area contributed by atoms with E-state index in [9.17, 15) is 9.18 Å². The molecule has 0 aliphatic carbocycles. The number of halogens is 1. The van der Waals surface area contributed by atoms with E-state index in [-0.39, 0.29) is 12.4 Å². The number of aromatic carboxylic acids is 1. The van der Waals surface area contributed by atoms with Crippen LogP contribution in [-0.4, -0.2) is 21.0 Å². The number of hydrogen-bond acceptors (Lipinski definition) is 4. The second kappa shape index (κ2) is 5.43. The first-order chi connectivity index (χ1) is 9.09. The Kier molecular flexibility index (Phi) is 3.70. The Hall–Kier alpha value is -2.50. The predicted molar refractivity (Wildman–Crippen MR) is 67.5 cm³/mol. The molecule has 2 N–H and O–H groups in total. The summed E-state index contributed by atoms with van der Waals surface area (Å²) in [5.41, 5.74) is 1.31. The molecule has 0 aliphatic rings. The molecule has 2 aromatic rings. The van der Waals surface area contributed by atoms with Crippen LogP contribution in [0.1, 0.15) is 21.6 Å². The van der Waals surface area contributed by atoms with Crippen LogP contribution < -0.4 is 5.32 Å². The third-order valence-electron chi connectivity index (χ3n) is 2.66. The van der Waals surface area contributed by atoms with E-state index in [0.29, 0.717) is 0 Å². The molecule has 5 nitrogen and oxygen atoms in total. The van der Waals surface area contributed by atoms with Crippen molar-refractivity contribution in [3.63, 3.8) is 0 Å². The van der Waals surface area contributed by atoms with Crippen molar-refractivity contribution in [2.75, 3.05) is 5.32 Å². The van der Waals surface area contributed by atoms with E-state index in [1.165, 1.54) is 6.20 Å². The number of carboxylic acids is 1. The molecule has 0 unspecified atom stereocenters. The van der Waals surface area contributed by atoms with Crippen molar-refractivity contribution in [2.45, 2.75) is 13.5 Å². The van der Waals surface area contributed by atoms with Gasteiger partial charge in [-0.3, -0.25) is 4.98 Å². The highest BCUT2D eigenvalue weighted by molar-refractivity contribution is 5.88. The molecule has 19 heavy (non-hydrogen) atoms. The van der Waals surface area contributed by atoms with Crippen LogP contribution in [0.4, 0.5) is 10.2 Å². The molecule has 0 bridgehead atoms. The van der Waals surface area contributed by atoms with Crippen molar-refractivity contribution < 1.29 is 14.3 Å². The molecular weight excluding hydrogens is 249 g/mol. The largest absolute Gasteiger partial charge is 0.478 e. The van der Waals surface area contributed by atoms with Gasteiger partial charge in [-0.2, -0.15) is 0 Å². The van der Waals surface area contributed by atoms with Gasteiger partial charge in [-0.1, -0.05) is 6.07 Å². The fourth-order valence-corrected chi connectivity index (χ4v) is 1.60. The summed E-state index contributed by atoms with van der Waals surface area (Å²) in [4.78, 5) is 18.7. The summed E-state index contributed by atoms with van der Waals surface area (Å²) in [5, 5.41) is 11.6. The molecule has 2 heterocycles. The van der Waals surface area contributed by atoms with Crippen molar-refractivity contribution in [1.82, 2.24) is 9.97 Å². The van der Waals surface area contributed by atoms with E-state index in [1.54, 1.807) is 6.20 Å². The summed E-state index contributed by atoms with van der Waals surface area (Å²) < 4.78 is 13.8. The molecule has 0 saturated heterocycles. The zero-order chi connectivity index (χ0) is 13.8.